The summed E-state index contributed by atoms with van der Waals surface area (Å²) in [5.74, 6) is -0.613. The van der Waals surface area contributed by atoms with Gasteiger partial charge in [0.15, 0.2) is 5.78 Å². The molecule has 2 N–H and O–H groups in total. The van der Waals surface area contributed by atoms with Crippen LogP contribution in [0, 0.1) is 5.41 Å². The van der Waals surface area contributed by atoms with E-state index in [4.69, 9.17) is 0 Å². The molecule has 148 valence electrons. The lowest BCUT2D eigenvalue weighted by molar-refractivity contribution is -0.118. The van der Waals surface area contributed by atoms with E-state index in [0.29, 0.717) is 23.3 Å². The molecule has 29 heavy (non-hydrogen) atoms. The molecule has 0 radical (unpaired) electrons. The highest BCUT2D eigenvalue weighted by Crippen LogP contribution is 2.46. The van der Waals surface area contributed by atoms with Crippen LogP contribution in [0.2, 0.25) is 0 Å². The summed E-state index contributed by atoms with van der Waals surface area (Å²) in [6.45, 7) is 6.08. The molecule has 1 atom stereocenters. The van der Waals surface area contributed by atoms with Gasteiger partial charge in [-0.2, -0.15) is 0 Å². The number of aromatic nitrogens is 2. The number of dihydropyridines is 1. The SMILES string of the molecule is CC1=C(C(=O)Nc2cccnc2)[C@@H](c2cccnc2)C2=C(CC(C)(C)CC2=O)N1. The molecule has 0 saturated heterocycles. The van der Waals surface area contributed by atoms with Crippen molar-refractivity contribution in [2.24, 2.45) is 5.41 Å². The van der Waals surface area contributed by atoms with Crippen molar-refractivity contribution in [3.8, 4) is 0 Å². The van der Waals surface area contributed by atoms with Gasteiger partial charge in [0.2, 0.25) is 0 Å². The fourth-order valence-corrected chi connectivity index (χ4v) is 4.25. The van der Waals surface area contributed by atoms with Crippen LogP contribution in [0.3, 0.4) is 0 Å². The highest BCUT2D eigenvalue weighted by Gasteiger charge is 2.42. The average molecular weight is 388 g/mol. The molecule has 0 fully saturated rings. The number of anilines is 1. The summed E-state index contributed by atoms with van der Waals surface area (Å²) in [7, 11) is 0. The number of hydrogen-bond acceptors (Lipinski definition) is 5. The van der Waals surface area contributed by atoms with Crippen molar-refractivity contribution >= 4 is 17.4 Å². The van der Waals surface area contributed by atoms with Crippen LogP contribution in [0.25, 0.3) is 0 Å². The third-order valence-corrected chi connectivity index (χ3v) is 5.42. The van der Waals surface area contributed by atoms with E-state index < -0.39 is 5.92 Å². The molecule has 2 aromatic heterocycles. The minimum atomic E-state index is -0.444. The first kappa shape index (κ1) is 19.1. The molecule has 1 amide bonds. The molecule has 2 aromatic rings. The number of carbonyl (C=O) groups is 2. The third kappa shape index (κ3) is 3.70. The topological polar surface area (TPSA) is 84.0 Å². The summed E-state index contributed by atoms with van der Waals surface area (Å²) in [6, 6.07) is 7.31. The highest BCUT2D eigenvalue weighted by atomic mass is 16.2. The molecule has 6 heteroatoms. The average Bonchev–Trinajstić information content (AvgIpc) is 2.67. The molecule has 4 rings (SSSR count). The van der Waals surface area contributed by atoms with Crippen LogP contribution in [-0.2, 0) is 9.59 Å². The highest BCUT2D eigenvalue weighted by molar-refractivity contribution is 6.09. The predicted octanol–water partition coefficient (Wildman–Crippen LogP) is 3.72. The van der Waals surface area contributed by atoms with Crippen molar-refractivity contribution in [3.63, 3.8) is 0 Å². The second kappa shape index (κ2) is 7.28. The summed E-state index contributed by atoms with van der Waals surface area (Å²) in [4.78, 5) is 34.7. The van der Waals surface area contributed by atoms with E-state index in [1.54, 1.807) is 36.9 Å². The van der Waals surface area contributed by atoms with E-state index in [1.165, 1.54) is 0 Å². The van der Waals surface area contributed by atoms with Gasteiger partial charge in [-0.05, 0) is 42.5 Å². The number of Topliss-reactive ketones (excluding diaryl/α,β-unsaturated/α-hetero) is 1. The van der Waals surface area contributed by atoms with Crippen LogP contribution in [0.1, 0.15) is 45.1 Å². The molecule has 1 aliphatic heterocycles. The molecule has 1 aliphatic carbocycles. The van der Waals surface area contributed by atoms with Crippen LogP contribution in [0.5, 0.6) is 0 Å². The molecule has 2 aliphatic rings. The van der Waals surface area contributed by atoms with Crippen LogP contribution in [-0.4, -0.2) is 21.7 Å². The number of ketones is 1. The van der Waals surface area contributed by atoms with Gasteiger partial charge in [0.25, 0.3) is 5.91 Å². The molecule has 6 nitrogen and oxygen atoms in total. The minimum absolute atomic E-state index is 0.0804. The summed E-state index contributed by atoms with van der Waals surface area (Å²) >= 11 is 0. The normalized spacial score (nSPS) is 20.8. The molecule has 0 bridgehead atoms. The van der Waals surface area contributed by atoms with Gasteiger partial charge in [-0.25, -0.2) is 0 Å². The van der Waals surface area contributed by atoms with E-state index in [0.717, 1.165) is 23.4 Å². The smallest absolute Gasteiger partial charge is 0.254 e. The Morgan fingerprint density at radius 2 is 1.86 bits per heavy atom. The van der Waals surface area contributed by atoms with E-state index in [-0.39, 0.29) is 17.1 Å². The van der Waals surface area contributed by atoms with Crippen molar-refractivity contribution in [3.05, 3.63) is 77.2 Å². The van der Waals surface area contributed by atoms with Gasteiger partial charge in [-0.1, -0.05) is 19.9 Å². The predicted molar refractivity (Wildman–Crippen MR) is 111 cm³/mol. The number of nitrogens with zero attached hydrogens (tertiary/aromatic N) is 2. The van der Waals surface area contributed by atoms with Gasteiger partial charge in [0.05, 0.1) is 11.9 Å². The monoisotopic (exact) mass is 388 g/mol. The summed E-state index contributed by atoms with van der Waals surface area (Å²) in [6.07, 6.45) is 7.90. The van der Waals surface area contributed by atoms with E-state index in [9.17, 15) is 9.59 Å². The fraction of sp³-hybridized carbons (Fsp3) is 0.304. The molecular formula is C23H24N4O2. The van der Waals surface area contributed by atoms with Crippen molar-refractivity contribution in [1.82, 2.24) is 15.3 Å². The van der Waals surface area contributed by atoms with Crippen LogP contribution in [0.4, 0.5) is 5.69 Å². The first-order valence-corrected chi connectivity index (χ1v) is 9.71. The molecule has 0 spiro atoms. The number of nitrogens with one attached hydrogen (secondary N) is 2. The number of hydrogen-bond donors (Lipinski definition) is 2. The van der Waals surface area contributed by atoms with Crippen molar-refractivity contribution in [2.75, 3.05) is 5.32 Å². The maximum Gasteiger partial charge on any atom is 0.254 e. The zero-order valence-corrected chi connectivity index (χ0v) is 16.8. The molecule has 0 unspecified atom stereocenters. The quantitative estimate of drug-likeness (QED) is 0.837. The second-order valence-corrected chi connectivity index (χ2v) is 8.41. The van der Waals surface area contributed by atoms with E-state index in [2.05, 4.69) is 34.4 Å². The Morgan fingerprint density at radius 3 is 2.52 bits per heavy atom. The fourth-order valence-electron chi connectivity index (χ4n) is 4.25. The Balaban J connectivity index is 1.80. The lowest BCUT2D eigenvalue weighted by atomic mass is 9.68. The number of carbonyl (C=O) groups excluding carboxylic acids is 2. The number of amides is 1. The Morgan fingerprint density at radius 1 is 1.14 bits per heavy atom. The van der Waals surface area contributed by atoms with Gasteiger partial charge < -0.3 is 10.6 Å². The van der Waals surface area contributed by atoms with Gasteiger partial charge in [0.1, 0.15) is 0 Å². The van der Waals surface area contributed by atoms with Gasteiger partial charge in [-0.3, -0.25) is 19.6 Å². The summed E-state index contributed by atoms with van der Waals surface area (Å²) in [5, 5.41) is 6.28. The maximum atomic E-state index is 13.3. The van der Waals surface area contributed by atoms with Crippen LogP contribution >= 0.6 is 0 Å². The third-order valence-electron chi connectivity index (χ3n) is 5.42. The van der Waals surface area contributed by atoms with Gasteiger partial charge in [-0.15, -0.1) is 0 Å². The molecular weight excluding hydrogens is 364 g/mol. The number of allylic oxidation sites excluding steroid dienone is 3. The Labute approximate surface area is 170 Å². The molecule has 0 saturated carbocycles. The Kier molecular flexibility index (Phi) is 4.78. The Hall–Kier alpha value is -3.28. The largest absolute Gasteiger partial charge is 0.362 e. The number of pyridine rings is 2. The lowest BCUT2D eigenvalue weighted by Crippen LogP contribution is -2.39. The first-order chi connectivity index (χ1) is 13.9. The van der Waals surface area contributed by atoms with Crippen molar-refractivity contribution in [2.45, 2.75) is 39.5 Å². The second-order valence-electron chi connectivity index (χ2n) is 8.41. The van der Waals surface area contributed by atoms with Gasteiger partial charge >= 0.3 is 0 Å². The van der Waals surface area contributed by atoms with E-state index >= 15 is 0 Å². The van der Waals surface area contributed by atoms with Crippen LogP contribution < -0.4 is 10.6 Å². The van der Waals surface area contributed by atoms with Crippen LogP contribution in [0.15, 0.2) is 71.6 Å². The molecule has 0 aromatic carbocycles. The Bertz CT molecular complexity index is 1020. The van der Waals surface area contributed by atoms with Crippen molar-refractivity contribution in [1.29, 1.82) is 0 Å². The molecule has 3 heterocycles. The maximum absolute atomic E-state index is 13.3. The summed E-state index contributed by atoms with van der Waals surface area (Å²) in [5.41, 5.74) is 4.22. The zero-order chi connectivity index (χ0) is 20.6. The van der Waals surface area contributed by atoms with E-state index in [1.807, 2.05) is 19.1 Å². The van der Waals surface area contributed by atoms with Gasteiger partial charge in [0, 0.05) is 53.5 Å². The standard InChI is InChI=1S/C23H24N4O2/c1-14-19(22(29)27-16-7-5-9-25-13-16)20(15-6-4-8-24-12-15)21-17(26-14)10-23(2,3)11-18(21)28/h4-9,12-13,20,26H,10-11H2,1-3H3,(H,27,29)/t20-/m1/s1. The minimum Gasteiger partial charge on any atom is -0.362 e. The van der Waals surface area contributed by atoms with Crippen molar-refractivity contribution < 1.29 is 9.59 Å². The zero-order valence-electron chi connectivity index (χ0n) is 16.8. The summed E-state index contributed by atoms with van der Waals surface area (Å²) < 4.78 is 0. The number of rotatable bonds is 3. The lowest BCUT2D eigenvalue weighted by Gasteiger charge is -2.39. The first-order valence-electron chi connectivity index (χ1n) is 9.71.